The first-order chi connectivity index (χ1) is 14.3. The summed E-state index contributed by atoms with van der Waals surface area (Å²) in [5, 5.41) is 6.96. The fourth-order valence-corrected chi connectivity index (χ4v) is 4.36. The quantitative estimate of drug-likeness (QED) is 0.502. The van der Waals surface area contributed by atoms with Gasteiger partial charge in [0, 0.05) is 51.7 Å². The van der Waals surface area contributed by atoms with Crippen molar-refractivity contribution in [2.24, 2.45) is 4.99 Å². The van der Waals surface area contributed by atoms with Crippen LogP contribution in [0.2, 0.25) is 0 Å². The van der Waals surface area contributed by atoms with E-state index in [9.17, 15) is 0 Å². The Morgan fingerprint density at radius 1 is 1.10 bits per heavy atom. The molecule has 1 aliphatic rings. The monoisotopic (exact) mass is 408 g/mol. The van der Waals surface area contributed by atoms with Crippen molar-refractivity contribution in [1.29, 1.82) is 0 Å². The van der Waals surface area contributed by atoms with Gasteiger partial charge in [0.1, 0.15) is 12.4 Å². The first-order valence-corrected chi connectivity index (χ1v) is 11.1. The molecule has 3 heterocycles. The number of nitrogens with zero attached hydrogens (tertiary/aromatic N) is 5. The van der Waals surface area contributed by atoms with E-state index in [4.69, 9.17) is 4.99 Å². The first-order valence-electron chi connectivity index (χ1n) is 10.2. The molecular weight excluding hydrogens is 380 g/mol. The Hall–Kier alpha value is -2.80. The lowest BCUT2D eigenvalue weighted by atomic mass is 10.2. The van der Waals surface area contributed by atoms with E-state index in [1.165, 1.54) is 10.6 Å². The van der Waals surface area contributed by atoms with E-state index in [0.29, 0.717) is 6.54 Å². The number of nitrogens with one attached hydrogen (secondary N) is 1. The Balaban J connectivity index is 1.40. The van der Waals surface area contributed by atoms with Crippen LogP contribution in [0.15, 0.2) is 65.2 Å². The van der Waals surface area contributed by atoms with Gasteiger partial charge in [-0.05, 0) is 30.0 Å². The predicted octanol–water partition coefficient (Wildman–Crippen LogP) is 3.28. The molecule has 0 radical (unpaired) electrons. The summed E-state index contributed by atoms with van der Waals surface area (Å²) in [4.78, 5) is 14.3. The van der Waals surface area contributed by atoms with Crippen LogP contribution in [0.1, 0.15) is 18.3 Å². The second-order valence-electron chi connectivity index (χ2n) is 7.05. The van der Waals surface area contributed by atoms with E-state index < -0.39 is 0 Å². The van der Waals surface area contributed by atoms with Crippen LogP contribution in [-0.4, -0.2) is 53.1 Å². The van der Waals surface area contributed by atoms with Gasteiger partial charge in [0.2, 0.25) is 0 Å². The van der Waals surface area contributed by atoms with Gasteiger partial charge in [-0.3, -0.25) is 0 Å². The summed E-state index contributed by atoms with van der Waals surface area (Å²) in [7, 11) is 0. The van der Waals surface area contributed by atoms with Gasteiger partial charge >= 0.3 is 0 Å². The van der Waals surface area contributed by atoms with E-state index in [-0.39, 0.29) is 0 Å². The third-order valence-electron chi connectivity index (χ3n) is 5.10. The van der Waals surface area contributed by atoms with Gasteiger partial charge in [-0.1, -0.05) is 30.3 Å². The van der Waals surface area contributed by atoms with Crippen LogP contribution in [0.5, 0.6) is 0 Å². The molecule has 0 aliphatic carbocycles. The molecule has 0 bridgehead atoms. The summed E-state index contributed by atoms with van der Waals surface area (Å²) in [6.07, 6.45) is 3.89. The maximum Gasteiger partial charge on any atom is 0.194 e. The Morgan fingerprint density at radius 3 is 2.66 bits per heavy atom. The smallest absolute Gasteiger partial charge is 0.194 e. The number of piperazine rings is 1. The van der Waals surface area contributed by atoms with Crippen molar-refractivity contribution in [1.82, 2.24) is 19.8 Å². The molecule has 152 valence electrons. The van der Waals surface area contributed by atoms with Crippen molar-refractivity contribution in [2.75, 3.05) is 37.6 Å². The lowest BCUT2D eigenvalue weighted by molar-refractivity contribution is 0.373. The topological polar surface area (TPSA) is 48.7 Å². The molecule has 1 aliphatic heterocycles. The third kappa shape index (κ3) is 4.98. The average molecular weight is 409 g/mol. The Bertz CT molecular complexity index is 895. The van der Waals surface area contributed by atoms with Crippen LogP contribution in [0.3, 0.4) is 0 Å². The van der Waals surface area contributed by atoms with Gasteiger partial charge in [0.15, 0.2) is 5.96 Å². The highest BCUT2D eigenvalue weighted by Gasteiger charge is 2.20. The molecule has 0 atom stereocenters. The molecule has 1 fully saturated rings. The third-order valence-corrected chi connectivity index (χ3v) is 6.03. The van der Waals surface area contributed by atoms with Crippen molar-refractivity contribution >= 4 is 22.3 Å². The second kappa shape index (κ2) is 9.60. The Morgan fingerprint density at radius 2 is 1.93 bits per heavy atom. The highest BCUT2D eigenvalue weighted by Crippen LogP contribution is 2.22. The van der Waals surface area contributed by atoms with Gasteiger partial charge in [-0.2, -0.15) is 0 Å². The lowest BCUT2D eigenvalue weighted by Gasteiger charge is -2.37. The molecule has 2 aromatic heterocycles. The highest BCUT2D eigenvalue weighted by atomic mass is 32.1. The average Bonchev–Trinajstić information content (AvgIpc) is 3.45. The molecule has 1 N–H and O–H groups in total. The van der Waals surface area contributed by atoms with E-state index in [2.05, 4.69) is 73.4 Å². The molecule has 29 heavy (non-hydrogen) atoms. The minimum atomic E-state index is 0.577. The van der Waals surface area contributed by atoms with Crippen molar-refractivity contribution < 1.29 is 0 Å². The number of benzene rings is 1. The van der Waals surface area contributed by atoms with Gasteiger partial charge in [-0.15, -0.1) is 11.3 Å². The van der Waals surface area contributed by atoms with Gasteiger partial charge < -0.3 is 19.7 Å². The molecule has 0 spiro atoms. The summed E-state index contributed by atoms with van der Waals surface area (Å²) < 4.78 is 2.18. The summed E-state index contributed by atoms with van der Waals surface area (Å²) in [5.41, 5.74) is 1.27. The van der Waals surface area contributed by atoms with Gasteiger partial charge in [0.25, 0.3) is 0 Å². The minimum Gasteiger partial charge on any atom is -0.360 e. The number of hydrogen-bond donors (Lipinski definition) is 1. The maximum atomic E-state index is 4.90. The normalized spacial score (nSPS) is 15.0. The number of anilines is 1. The number of imidazole rings is 1. The summed E-state index contributed by atoms with van der Waals surface area (Å²) >= 11 is 1.81. The van der Waals surface area contributed by atoms with Crippen LogP contribution in [0.25, 0.3) is 0 Å². The molecular formula is C22H28N6S. The lowest BCUT2D eigenvalue weighted by Crippen LogP contribution is -2.52. The summed E-state index contributed by atoms with van der Waals surface area (Å²) in [6.45, 7) is 8.37. The fourth-order valence-electron chi connectivity index (χ4n) is 3.58. The molecule has 4 rings (SSSR count). The molecule has 7 heteroatoms. The fraction of sp³-hybridized carbons (Fsp3) is 0.364. The second-order valence-corrected chi connectivity index (χ2v) is 7.98. The number of rotatable bonds is 6. The zero-order valence-electron chi connectivity index (χ0n) is 16.9. The van der Waals surface area contributed by atoms with Crippen molar-refractivity contribution in [2.45, 2.75) is 20.0 Å². The summed E-state index contributed by atoms with van der Waals surface area (Å²) in [5.74, 6) is 1.97. The largest absolute Gasteiger partial charge is 0.360 e. The summed E-state index contributed by atoms with van der Waals surface area (Å²) in [6, 6.07) is 14.8. The van der Waals surface area contributed by atoms with Crippen LogP contribution in [-0.2, 0) is 13.1 Å². The number of aromatic nitrogens is 2. The highest BCUT2D eigenvalue weighted by molar-refractivity contribution is 7.14. The van der Waals surface area contributed by atoms with Crippen LogP contribution in [0.4, 0.5) is 5.00 Å². The zero-order valence-corrected chi connectivity index (χ0v) is 17.7. The standard InChI is InChI=1S/C22H28N6S/c1-2-23-22(27-14-12-26(13-15-27)21-9-6-16-29-21)25-17-20-24-10-11-28(20)18-19-7-4-3-5-8-19/h3-11,16H,2,12-15,17-18H2,1H3,(H,23,25). The first kappa shape index (κ1) is 19.5. The van der Waals surface area contributed by atoms with E-state index in [0.717, 1.165) is 51.1 Å². The van der Waals surface area contributed by atoms with Crippen molar-refractivity contribution in [3.05, 3.63) is 71.6 Å². The minimum absolute atomic E-state index is 0.577. The molecule has 0 unspecified atom stereocenters. The number of hydrogen-bond acceptors (Lipinski definition) is 4. The number of guanidine groups is 1. The van der Waals surface area contributed by atoms with Crippen LogP contribution >= 0.6 is 11.3 Å². The van der Waals surface area contributed by atoms with E-state index >= 15 is 0 Å². The molecule has 3 aromatic rings. The number of thiophene rings is 1. The molecule has 6 nitrogen and oxygen atoms in total. The van der Waals surface area contributed by atoms with Crippen LogP contribution in [0, 0.1) is 0 Å². The maximum absolute atomic E-state index is 4.90. The van der Waals surface area contributed by atoms with Crippen molar-refractivity contribution in [3.63, 3.8) is 0 Å². The molecule has 0 amide bonds. The molecule has 1 saturated heterocycles. The molecule has 0 saturated carbocycles. The predicted molar refractivity (Wildman–Crippen MR) is 121 cm³/mol. The van der Waals surface area contributed by atoms with E-state index in [1.54, 1.807) is 0 Å². The van der Waals surface area contributed by atoms with Crippen molar-refractivity contribution in [3.8, 4) is 0 Å². The zero-order chi connectivity index (χ0) is 19.9. The number of aliphatic imine (C=N–C) groups is 1. The molecule has 1 aromatic carbocycles. The van der Waals surface area contributed by atoms with E-state index in [1.807, 2.05) is 29.8 Å². The Kier molecular flexibility index (Phi) is 6.46. The van der Waals surface area contributed by atoms with Crippen LogP contribution < -0.4 is 10.2 Å². The SMILES string of the molecule is CCNC(=NCc1nccn1Cc1ccccc1)N1CCN(c2cccs2)CC1. The van der Waals surface area contributed by atoms with Gasteiger partial charge in [-0.25, -0.2) is 9.98 Å². The van der Waals surface area contributed by atoms with Gasteiger partial charge in [0.05, 0.1) is 5.00 Å². The Labute approximate surface area is 176 Å².